The average Bonchev–Trinajstić information content (AvgIpc) is 2.78. The van der Waals surface area contributed by atoms with Gasteiger partial charge < -0.3 is 15.4 Å². The van der Waals surface area contributed by atoms with Crippen molar-refractivity contribution in [1.29, 1.82) is 0 Å². The van der Waals surface area contributed by atoms with Crippen LogP contribution in [-0.4, -0.2) is 18.2 Å². The van der Waals surface area contributed by atoms with Crippen LogP contribution in [0, 0.1) is 13.8 Å². The van der Waals surface area contributed by atoms with E-state index in [1.165, 1.54) is 18.4 Å². The van der Waals surface area contributed by atoms with E-state index in [0.717, 1.165) is 16.1 Å². The highest BCUT2D eigenvalue weighted by Crippen LogP contribution is 2.28. The van der Waals surface area contributed by atoms with E-state index in [1.807, 2.05) is 38.1 Å². The maximum absolute atomic E-state index is 11.7. The Morgan fingerprint density at radius 2 is 2.00 bits per heavy atom. The first-order chi connectivity index (χ1) is 9.99. The molecule has 21 heavy (non-hydrogen) atoms. The fourth-order valence-electron chi connectivity index (χ4n) is 1.86. The van der Waals surface area contributed by atoms with E-state index in [1.54, 1.807) is 6.07 Å². The topological polar surface area (TPSA) is 50.4 Å². The summed E-state index contributed by atoms with van der Waals surface area (Å²) in [5.74, 6) is -0.375. The number of thiocarbonyl (C=S) groups is 1. The summed E-state index contributed by atoms with van der Waals surface area (Å²) in [6, 6.07) is 9.68. The summed E-state index contributed by atoms with van der Waals surface area (Å²) in [6.07, 6.45) is 0. The van der Waals surface area contributed by atoms with Crippen molar-refractivity contribution in [2.24, 2.45) is 0 Å². The molecule has 0 radical (unpaired) electrons. The molecule has 0 bridgehead atoms. The molecule has 0 saturated heterocycles. The Balaban J connectivity index is 2.11. The van der Waals surface area contributed by atoms with Gasteiger partial charge in [0.15, 0.2) is 5.11 Å². The Morgan fingerprint density at radius 1 is 1.24 bits per heavy atom. The predicted molar refractivity (Wildman–Crippen MR) is 91.4 cm³/mol. The molecule has 0 fully saturated rings. The summed E-state index contributed by atoms with van der Waals surface area (Å²) in [4.78, 5) is 12.7. The smallest absolute Gasteiger partial charge is 0.340 e. The lowest BCUT2D eigenvalue weighted by Crippen LogP contribution is -2.19. The van der Waals surface area contributed by atoms with E-state index >= 15 is 0 Å². The van der Waals surface area contributed by atoms with Crippen molar-refractivity contribution in [1.82, 2.24) is 0 Å². The number of anilines is 2. The van der Waals surface area contributed by atoms with Crippen LogP contribution in [0.2, 0.25) is 0 Å². The number of thiophene rings is 1. The van der Waals surface area contributed by atoms with E-state index in [-0.39, 0.29) is 5.97 Å². The summed E-state index contributed by atoms with van der Waals surface area (Å²) in [6.45, 7) is 3.94. The van der Waals surface area contributed by atoms with E-state index in [4.69, 9.17) is 17.0 Å². The molecule has 1 heterocycles. The van der Waals surface area contributed by atoms with Crippen molar-refractivity contribution in [2.75, 3.05) is 17.7 Å². The lowest BCUT2D eigenvalue weighted by Gasteiger charge is -2.10. The van der Waals surface area contributed by atoms with Crippen LogP contribution in [0.5, 0.6) is 0 Å². The van der Waals surface area contributed by atoms with Crippen LogP contribution in [0.3, 0.4) is 0 Å². The van der Waals surface area contributed by atoms with Crippen molar-refractivity contribution in [3.8, 4) is 0 Å². The first-order valence-corrected chi connectivity index (χ1v) is 7.55. The third-order valence-electron chi connectivity index (χ3n) is 2.76. The van der Waals surface area contributed by atoms with Crippen molar-refractivity contribution >= 4 is 45.3 Å². The van der Waals surface area contributed by atoms with Gasteiger partial charge in [-0.15, -0.1) is 11.3 Å². The van der Waals surface area contributed by atoms with E-state index in [9.17, 15) is 4.79 Å². The quantitative estimate of drug-likeness (QED) is 0.662. The van der Waals surface area contributed by atoms with Crippen molar-refractivity contribution in [2.45, 2.75) is 13.8 Å². The second kappa shape index (κ2) is 6.69. The Kier molecular flexibility index (Phi) is 4.93. The monoisotopic (exact) mass is 320 g/mol. The summed E-state index contributed by atoms with van der Waals surface area (Å²) in [5, 5.41) is 7.27. The van der Waals surface area contributed by atoms with Gasteiger partial charge >= 0.3 is 5.97 Å². The Morgan fingerprint density at radius 3 is 2.67 bits per heavy atom. The van der Waals surface area contributed by atoms with Crippen LogP contribution in [0.1, 0.15) is 20.8 Å². The van der Waals surface area contributed by atoms with Crippen molar-refractivity contribution in [3.63, 3.8) is 0 Å². The highest BCUT2D eigenvalue weighted by atomic mass is 32.1. The zero-order valence-electron chi connectivity index (χ0n) is 12.0. The molecule has 0 aliphatic rings. The Labute approximate surface area is 133 Å². The lowest BCUT2D eigenvalue weighted by atomic mass is 10.2. The van der Waals surface area contributed by atoms with Crippen LogP contribution in [0.15, 0.2) is 30.3 Å². The molecule has 2 aromatic rings. The average molecular weight is 320 g/mol. The molecular weight excluding hydrogens is 304 g/mol. The summed E-state index contributed by atoms with van der Waals surface area (Å²) < 4.78 is 4.77. The maximum Gasteiger partial charge on any atom is 0.340 e. The van der Waals surface area contributed by atoms with Crippen LogP contribution < -0.4 is 10.6 Å². The van der Waals surface area contributed by atoms with Crippen LogP contribution in [0.4, 0.5) is 10.7 Å². The normalized spacial score (nSPS) is 10.0. The van der Waals surface area contributed by atoms with Gasteiger partial charge in [-0.2, -0.15) is 0 Å². The number of esters is 1. The molecule has 0 atom stereocenters. The van der Waals surface area contributed by atoms with E-state index in [2.05, 4.69) is 10.6 Å². The third-order valence-corrected chi connectivity index (χ3v) is 3.93. The molecule has 2 N–H and O–H groups in total. The molecule has 0 aliphatic carbocycles. The largest absolute Gasteiger partial charge is 0.465 e. The fourth-order valence-corrected chi connectivity index (χ4v) is 3.05. The molecule has 1 aromatic heterocycles. The SMILES string of the molecule is COC(=O)c1cc(C)sc1NC(=S)Nc1cccc(C)c1. The van der Waals surface area contributed by atoms with Crippen LogP contribution in [-0.2, 0) is 4.74 Å². The minimum absolute atomic E-state index is 0.375. The fraction of sp³-hybridized carbons (Fsp3) is 0.200. The molecule has 0 spiro atoms. The highest BCUT2D eigenvalue weighted by Gasteiger charge is 2.16. The molecule has 0 aliphatic heterocycles. The van der Waals surface area contributed by atoms with Crippen LogP contribution >= 0.6 is 23.6 Å². The Hall–Kier alpha value is -1.92. The number of rotatable bonds is 3. The number of hydrogen-bond donors (Lipinski definition) is 2. The number of hydrogen-bond acceptors (Lipinski definition) is 4. The zero-order chi connectivity index (χ0) is 15.4. The third kappa shape index (κ3) is 4.03. The molecule has 2 rings (SSSR count). The van der Waals surface area contributed by atoms with E-state index in [0.29, 0.717) is 15.7 Å². The molecule has 4 nitrogen and oxygen atoms in total. The van der Waals surface area contributed by atoms with Gasteiger partial charge in [0, 0.05) is 10.6 Å². The van der Waals surface area contributed by atoms with Gasteiger partial charge in [0.05, 0.1) is 12.7 Å². The number of carbonyl (C=O) groups excluding carboxylic acids is 1. The Bertz CT molecular complexity index is 680. The van der Waals surface area contributed by atoms with Gasteiger partial charge in [0.2, 0.25) is 0 Å². The second-order valence-corrected chi connectivity index (χ2v) is 6.20. The first-order valence-electron chi connectivity index (χ1n) is 6.33. The minimum atomic E-state index is -0.375. The van der Waals surface area contributed by atoms with Crippen molar-refractivity contribution in [3.05, 3.63) is 46.3 Å². The summed E-state index contributed by atoms with van der Waals surface area (Å²) >= 11 is 6.75. The maximum atomic E-state index is 11.7. The van der Waals surface area contributed by atoms with E-state index < -0.39 is 0 Å². The van der Waals surface area contributed by atoms with Gasteiger partial charge in [-0.05, 0) is 49.8 Å². The number of nitrogens with one attached hydrogen (secondary N) is 2. The number of ether oxygens (including phenoxy) is 1. The molecule has 6 heteroatoms. The van der Waals surface area contributed by atoms with Gasteiger partial charge in [-0.1, -0.05) is 12.1 Å². The molecule has 0 unspecified atom stereocenters. The van der Waals surface area contributed by atoms with Gasteiger partial charge in [-0.25, -0.2) is 4.79 Å². The summed E-state index contributed by atoms with van der Waals surface area (Å²) in [5.41, 5.74) is 2.54. The zero-order valence-corrected chi connectivity index (χ0v) is 13.7. The van der Waals surface area contributed by atoms with Crippen LogP contribution in [0.25, 0.3) is 0 Å². The molecule has 0 amide bonds. The number of carbonyl (C=O) groups is 1. The second-order valence-electron chi connectivity index (χ2n) is 4.54. The van der Waals surface area contributed by atoms with Gasteiger partial charge in [-0.3, -0.25) is 0 Å². The molecule has 1 aromatic carbocycles. The van der Waals surface area contributed by atoms with Gasteiger partial charge in [0.25, 0.3) is 0 Å². The number of methoxy groups -OCH3 is 1. The predicted octanol–water partition coefficient (Wildman–Crippen LogP) is 3.96. The minimum Gasteiger partial charge on any atom is -0.465 e. The molecule has 0 saturated carbocycles. The number of benzene rings is 1. The summed E-state index contributed by atoms with van der Waals surface area (Å²) in [7, 11) is 1.36. The standard InChI is InChI=1S/C15H16N2O2S2/c1-9-5-4-6-11(7-9)16-15(20)17-13-12(14(18)19-3)8-10(2)21-13/h4-8H,1-3H3,(H2,16,17,20). The lowest BCUT2D eigenvalue weighted by molar-refractivity contribution is 0.0602. The highest BCUT2D eigenvalue weighted by molar-refractivity contribution is 7.80. The van der Waals surface area contributed by atoms with Crippen molar-refractivity contribution < 1.29 is 9.53 Å². The number of aryl methyl sites for hydroxylation is 2. The van der Waals surface area contributed by atoms with Gasteiger partial charge in [0.1, 0.15) is 5.00 Å². The molecular formula is C15H16N2O2S2. The molecule has 110 valence electrons. The first kappa shape index (κ1) is 15.5.